The smallest absolute Gasteiger partial charge is 0.140 e. The van der Waals surface area contributed by atoms with Crippen LogP contribution in [0, 0.1) is 17.1 Å². The molecule has 1 unspecified atom stereocenters. The van der Waals surface area contributed by atoms with E-state index < -0.39 is 6.04 Å². The second-order valence-electron chi connectivity index (χ2n) is 3.89. The summed E-state index contributed by atoms with van der Waals surface area (Å²) in [6.45, 7) is 0. The van der Waals surface area contributed by atoms with Gasteiger partial charge in [0.2, 0.25) is 0 Å². The van der Waals surface area contributed by atoms with Crippen molar-refractivity contribution in [3.8, 4) is 6.07 Å². The van der Waals surface area contributed by atoms with Gasteiger partial charge in [-0.1, -0.05) is 23.7 Å². The first-order chi connectivity index (χ1) is 9.10. The lowest BCUT2D eigenvalue weighted by Crippen LogP contribution is -2.08. The number of benzene rings is 2. The Balaban J connectivity index is 2.24. The van der Waals surface area contributed by atoms with Crippen molar-refractivity contribution in [1.29, 1.82) is 5.26 Å². The summed E-state index contributed by atoms with van der Waals surface area (Å²) in [6.07, 6.45) is 0. The van der Waals surface area contributed by atoms with Gasteiger partial charge in [0.25, 0.3) is 0 Å². The normalized spacial score (nSPS) is 11.7. The monoisotopic (exact) mass is 338 g/mol. The highest BCUT2D eigenvalue weighted by atomic mass is 79.9. The van der Waals surface area contributed by atoms with Crippen molar-refractivity contribution in [2.45, 2.75) is 6.04 Å². The van der Waals surface area contributed by atoms with E-state index in [-0.39, 0.29) is 5.82 Å². The lowest BCUT2D eigenvalue weighted by molar-refractivity contribution is 0.625. The standard InChI is InChI=1S/C14H9BrClFN2/c15-12-7-11(4-5-13(12)16)19-14(8-18)9-2-1-3-10(17)6-9/h1-7,14,19H. The third-order valence-electron chi connectivity index (χ3n) is 2.54. The van der Waals surface area contributed by atoms with E-state index in [2.05, 4.69) is 27.3 Å². The molecule has 2 nitrogen and oxygen atoms in total. The molecule has 1 atom stereocenters. The molecule has 0 bridgehead atoms. The number of nitriles is 1. The van der Waals surface area contributed by atoms with Crippen molar-refractivity contribution in [3.05, 3.63) is 63.3 Å². The van der Waals surface area contributed by atoms with Crippen molar-refractivity contribution in [3.63, 3.8) is 0 Å². The molecular weight excluding hydrogens is 331 g/mol. The van der Waals surface area contributed by atoms with Crippen molar-refractivity contribution >= 4 is 33.2 Å². The molecule has 0 spiro atoms. The fourth-order valence-electron chi connectivity index (χ4n) is 1.63. The highest BCUT2D eigenvalue weighted by molar-refractivity contribution is 9.10. The quantitative estimate of drug-likeness (QED) is 0.861. The number of rotatable bonds is 3. The summed E-state index contributed by atoms with van der Waals surface area (Å²) in [4.78, 5) is 0. The molecule has 0 aliphatic rings. The molecule has 2 aromatic carbocycles. The Bertz CT molecular complexity index is 640. The van der Waals surface area contributed by atoms with Crippen LogP contribution in [0.3, 0.4) is 0 Å². The minimum atomic E-state index is -0.622. The molecular formula is C14H9BrClFN2. The summed E-state index contributed by atoms with van der Waals surface area (Å²) in [5, 5.41) is 12.8. The molecule has 0 aliphatic heterocycles. The van der Waals surface area contributed by atoms with Crippen LogP contribution in [0.15, 0.2) is 46.9 Å². The van der Waals surface area contributed by atoms with E-state index in [4.69, 9.17) is 11.6 Å². The van der Waals surface area contributed by atoms with Crippen LogP contribution >= 0.6 is 27.5 Å². The molecule has 0 heterocycles. The van der Waals surface area contributed by atoms with Crippen LogP contribution < -0.4 is 5.32 Å². The summed E-state index contributed by atoms with van der Waals surface area (Å²) in [5.41, 5.74) is 1.31. The second kappa shape index (κ2) is 6.05. The maximum Gasteiger partial charge on any atom is 0.140 e. The topological polar surface area (TPSA) is 35.8 Å². The summed E-state index contributed by atoms with van der Waals surface area (Å²) < 4.78 is 13.9. The van der Waals surface area contributed by atoms with E-state index in [0.29, 0.717) is 10.6 Å². The largest absolute Gasteiger partial charge is 0.366 e. The Morgan fingerprint density at radius 3 is 2.68 bits per heavy atom. The predicted octanol–water partition coefficient (Wildman–Crippen LogP) is 4.92. The molecule has 0 saturated carbocycles. The molecule has 19 heavy (non-hydrogen) atoms. The van der Waals surface area contributed by atoms with E-state index >= 15 is 0 Å². The van der Waals surface area contributed by atoms with Crippen LogP contribution in [-0.2, 0) is 0 Å². The highest BCUT2D eigenvalue weighted by Crippen LogP contribution is 2.27. The molecule has 0 fully saturated rings. The molecule has 0 saturated heterocycles. The van der Waals surface area contributed by atoms with E-state index in [0.717, 1.165) is 10.2 Å². The Hall–Kier alpha value is -1.57. The number of nitrogens with one attached hydrogen (secondary N) is 1. The first-order valence-electron chi connectivity index (χ1n) is 5.47. The van der Waals surface area contributed by atoms with Gasteiger partial charge in [-0.15, -0.1) is 0 Å². The molecule has 1 N–H and O–H groups in total. The number of hydrogen-bond donors (Lipinski definition) is 1. The van der Waals surface area contributed by atoms with Crippen molar-refractivity contribution in [1.82, 2.24) is 0 Å². The van der Waals surface area contributed by atoms with Crippen LogP contribution in [0.25, 0.3) is 0 Å². The van der Waals surface area contributed by atoms with Crippen molar-refractivity contribution < 1.29 is 4.39 Å². The zero-order valence-corrected chi connectivity index (χ0v) is 12.0. The maximum absolute atomic E-state index is 13.2. The molecule has 96 valence electrons. The third-order valence-corrected chi connectivity index (χ3v) is 3.76. The van der Waals surface area contributed by atoms with Gasteiger partial charge in [0.1, 0.15) is 11.9 Å². The minimum Gasteiger partial charge on any atom is -0.366 e. The van der Waals surface area contributed by atoms with Crippen LogP contribution in [0.2, 0.25) is 5.02 Å². The molecule has 2 rings (SSSR count). The van der Waals surface area contributed by atoms with Gasteiger partial charge in [-0.05, 0) is 51.8 Å². The number of nitrogens with zero attached hydrogens (tertiary/aromatic N) is 1. The van der Waals surface area contributed by atoms with Gasteiger partial charge in [0, 0.05) is 10.2 Å². The first-order valence-corrected chi connectivity index (χ1v) is 6.64. The first kappa shape index (κ1) is 13.9. The fraction of sp³-hybridized carbons (Fsp3) is 0.0714. The van der Waals surface area contributed by atoms with Gasteiger partial charge in [-0.2, -0.15) is 5.26 Å². The van der Waals surface area contributed by atoms with Gasteiger partial charge in [-0.25, -0.2) is 4.39 Å². The number of hydrogen-bond acceptors (Lipinski definition) is 2. The molecule has 2 aromatic rings. The van der Waals surface area contributed by atoms with Crippen LogP contribution in [0.4, 0.5) is 10.1 Å². The van der Waals surface area contributed by atoms with E-state index in [9.17, 15) is 9.65 Å². The lowest BCUT2D eigenvalue weighted by atomic mass is 10.1. The molecule has 0 aromatic heterocycles. The zero-order chi connectivity index (χ0) is 13.8. The predicted molar refractivity (Wildman–Crippen MR) is 77.5 cm³/mol. The van der Waals surface area contributed by atoms with E-state index in [1.54, 1.807) is 30.3 Å². The summed E-state index contributed by atoms with van der Waals surface area (Å²) in [6, 6.07) is 12.7. The molecule has 5 heteroatoms. The summed E-state index contributed by atoms with van der Waals surface area (Å²) >= 11 is 9.21. The molecule has 0 radical (unpaired) electrons. The van der Waals surface area contributed by atoms with Gasteiger partial charge < -0.3 is 5.32 Å². The van der Waals surface area contributed by atoms with Gasteiger partial charge in [-0.3, -0.25) is 0 Å². The second-order valence-corrected chi connectivity index (χ2v) is 5.15. The fourth-order valence-corrected chi connectivity index (χ4v) is 2.13. The highest BCUT2D eigenvalue weighted by Gasteiger charge is 2.11. The average Bonchev–Trinajstić information content (AvgIpc) is 2.40. The van der Waals surface area contributed by atoms with E-state index in [1.165, 1.54) is 12.1 Å². The van der Waals surface area contributed by atoms with Crippen LogP contribution in [0.5, 0.6) is 0 Å². The summed E-state index contributed by atoms with van der Waals surface area (Å²) in [5.74, 6) is -0.364. The number of anilines is 1. The number of halogens is 3. The van der Waals surface area contributed by atoms with Crippen LogP contribution in [0.1, 0.15) is 11.6 Å². The molecule has 0 aliphatic carbocycles. The van der Waals surface area contributed by atoms with Gasteiger partial charge in [0.05, 0.1) is 11.1 Å². The van der Waals surface area contributed by atoms with Crippen molar-refractivity contribution in [2.24, 2.45) is 0 Å². The average molecular weight is 340 g/mol. The zero-order valence-electron chi connectivity index (χ0n) is 9.70. The van der Waals surface area contributed by atoms with Crippen LogP contribution in [-0.4, -0.2) is 0 Å². The summed E-state index contributed by atoms with van der Waals surface area (Å²) in [7, 11) is 0. The third kappa shape index (κ3) is 3.46. The SMILES string of the molecule is N#CC(Nc1ccc(Cl)c(Br)c1)c1cccc(F)c1. The van der Waals surface area contributed by atoms with Gasteiger partial charge >= 0.3 is 0 Å². The van der Waals surface area contributed by atoms with Gasteiger partial charge in [0.15, 0.2) is 0 Å². The molecule has 0 amide bonds. The minimum absolute atomic E-state index is 0.364. The maximum atomic E-state index is 13.2. The van der Waals surface area contributed by atoms with E-state index in [1.807, 2.05) is 0 Å². The Kier molecular flexibility index (Phi) is 4.41. The lowest BCUT2D eigenvalue weighted by Gasteiger charge is -2.14. The Morgan fingerprint density at radius 2 is 2.05 bits per heavy atom. The van der Waals surface area contributed by atoms with Crippen molar-refractivity contribution in [2.75, 3.05) is 5.32 Å². The Morgan fingerprint density at radius 1 is 1.26 bits per heavy atom. The Labute approximate surface area is 123 Å².